The molecule has 0 amide bonds. The summed E-state index contributed by atoms with van der Waals surface area (Å²) in [5.74, 6) is 0.627. The Morgan fingerprint density at radius 2 is 1.96 bits per heavy atom. The van der Waals surface area contributed by atoms with E-state index in [0.29, 0.717) is 11.5 Å². The number of allylic oxidation sites excluding steroid dienone is 1. The molecule has 0 radical (unpaired) electrons. The molecular formula is C19H15BrF2N4O. The summed E-state index contributed by atoms with van der Waals surface area (Å²) in [5, 5.41) is 7.48. The van der Waals surface area contributed by atoms with Crippen molar-refractivity contribution in [3.63, 3.8) is 0 Å². The van der Waals surface area contributed by atoms with Gasteiger partial charge in [-0.15, -0.1) is 0 Å². The fourth-order valence-electron chi connectivity index (χ4n) is 3.01. The molecule has 0 saturated heterocycles. The van der Waals surface area contributed by atoms with Crippen molar-refractivity contribution in [2.45, 2.75) is 19.6 Å². The lowest BCUT2D eigenvalue weighted by molar-refractivity contribution is -0.0506. The van der Waals surface area contributed by atoms with Gasteiger partial charge in [0, 0.05) is 15.7 Å². The first-order valence-corrected chi connectivity index (χ1v) is 9.00. The predicted octanol–water partition coefficient (Wildman–Crippen LogP) is 5.01. The van der Waals surface area contributed by atoms with Gasteiger partial charge in [-0.2, -0.15) is 18.9 Å². The van der Waals surface area contributed by atoms with Crippen LogP contribution in [0.25, 0.3) is 5.70 Å². The van der Waals surface area contributed by atoms with Crippen LogP contribution in [0, 0.1) is 6.92 Å². The Morgan fingerprint density at radius 1 is 1.19 bits per heavy atom. The SMILES string of the molecule is Cc1ccc(C2=C[C@H](c3cc(Br)ccc3OC(F)F)n3ncnc3N2)cc1. The van der Waals surface area contributed by atoms with Crippen LogP contribution in [-0.4, -0.2) is 21.4 Å². The Morgan fingerprint density at radius 3 is 2.70 bits per heavy atom. The van der Waals surface area contributed by atoms with Crippen LogP contribution in [0.2, 0.25) is 0 Å². The first kappa shape index (κ1) is 17.7. The number of nitrogens with zero attached hydrogens (tertiary/aromatic N) is 3. The smallest absolute Gasteiger partial charge is 0.387 e. The van der Waals surface area contributed by atoms with E-state index >= 15 is 0 Å². The second-order valence-electron chi connectivity index (χ2n) is 6.11. The maximum absolute atomic E-state index is 12.9. The van der Waals surface area contributed by atoms with Gasteiger partial charge in [0.1, 0.15) is 18.1 Å². The molecule has 0 spiro atoms. The van der Waals surface area contributed by atoms with Crippen molar-refractivity contribution in [2.75, 3.05) is 5.32 Å². The highest BCUT2D eigenvalue weighted by Gasteiger charge is 2.27. The summed E-state index contributed by atoms with van der Waals surface area (Å²) in [6.07, 6.45) is 3.35. The number of aryl methyl sites for hydroxylation is 1. The predicted molar refractivity (Wildman–Crippen MR) is 102 cm³/mol. The molecule has 0 aliphatic carbocycles. The van der Waals surface area contributed by atoms with Gasteiger partial charge in [0.2, 0.25) is 5.95 Å². The number of aromatic nitrogens is 3. The molecule has 1 aromatic heterocycles. The third kappa shape index (κ3) is 3.57. The molecule has 27 heavy (non-hydrogen) atoms. The van der Waals surface area contributed by atoms with Crippen molar-refractivity contribution in [3.8, 4) is 5.75 Å². The minimum atomic E-state index is -2.91. The number of rotatable bonds is 4. The first-order chi connectivity index (χ1) is 13.0. The Labute approximate surface area is 162 Å². The van der Waals surface area contributed by atoms with Crippen molar-refractivity contribution in [3.05, 3.63) is 76.0 Å². The van der Waals surface area contributed by atoms with E-state index in [4.69, 9.17) is 4.74 Å². The average Bonchev–Trinajstić information content (AvgIpc) is 3.11. The summed E-state index contributed by atoms with van der Waals surface area (Å²) in [4.78, 5) is 4.24. The molecule has 0 fully saturated rings. The molecule has 1 N–H and O–H groups in total. The quantitative estimate of drug-likeness (QED) is 0.629. The molecule has 1 aliphatic rings. The standard InChI is InChI=1S/C19H15BrF2N4O/c1-11-2-4-12(5-3-11)15-9-16(26-19(25-15)23-10-24-26)14-8-13(20)6-7-17(14)27-18(21)22/h2-10,16,18H,1H3,(H,23,24,25)/t16-/m1/s1. The van der Waals surface area contributed by atoms with Gasteiger partial charge in [-0.05, 0) is 36.8 Å². The number of hydrogen-bond acceptors (Lipinski definition) is 4. The monoisotopic (exact) mass is 432 g/mol. The maximum Gasteiger partial charge on any atom is 0.387 e. The second-order valence-corrected chi connectivity index (χ2v) is 7.02. The number of benzene rings is 2. The zero-order valence-corrected chi connectivity index (χ0v) is 15.8. The van der Waals surface area contributed by atoms with E-state index in [0.717, 1.165) is 21.3 Å². The third-order valence-electron chi connectivity index (χ3n) is 4.28. The third-order valence-corrected chi connectivity index (χ3v) is 4.77. The van der Waals surface area contributed by atoms with Crippen molar-refractivity contribution < 1.29 is 13.5 Å². The second kappa shape index (κ2) is 7.11. The Balaban J connectivity index is 1.83. The van der Waals surface area contributed by atoms with Crippen molar-refractivity contribution in [1.82, 2.24) is 14.8 Å². The number of hydrogen-bond donors (Lipinski definition) is 1. The normalized spacial score (nSPS) is 15.9. The Bertz CT molecular complexity index is 1000. The van der Waals surface area contributed by atoms with E-state index < -0.39 is 12.7 Å². The molecule has 138 valence electrons. The summed E-state index contributed by atoms with van der Waals surface area (Å²) in [6.45, 7) is -0.899. The molecule has 8 heteroatoms. The molecule has 5 nitrogen and oxygen atoms in total. The van der Waals surface area contributed by atoms with Crippen molar-refractivity contribution in [2.24, 2.45) is 0 Å². The number of anilines is 1. The van der Waals surface area contributed by atoms with Crippen molar-refractivity contribution >= 4 is 27.6 Å². The molecule has 1 atom stereocenters. The minimum absolute atomic E-state index is 0.0982. The molecule has 2 heterocycles. The van der Waals surface area contributed by atoms with Crippen LogP contribution in [0.15, 0.2) is 59.3 Å². The van der Waals surface area contributed by atoms with Crippen LogP contribution in [0.5, 0.6) is 5.75 Å². The zero-order valence-electron chi connectivity index (χ0n) is 14.2. The lowest BCUT2D eigenvalue weighted by atomic mass is 10.0. The van der Waals surface area contributed by atoms with Crippen molar-refractivity contribution in [1.29, 1.82) is 0 Å². The number of halogens is 3. The fourth-order valence-corrected chi connectivity index (χ4v) is 3.39. The fraction of sp³-hybridized carbons (Fsp3) is 0.158. The van der Waals surface area contributed by atoms with Gasteiger partial charge in [-0.1, -0.05) is 45.8 Å². The number of nitrogens with one attached hydrogen (secondary N) is 1. The number of ether oxygens (including phenoxy) is 1. The Hall–Kier alpha value is -2.74. The van der Waals surface area contributed by atoms with E-state index in [-0.39, 0.29) is 5.75 Å². The lowest BCUT2D eigenvalue weighted by Gasteiger charge is -2.26. The molecule has 2 aromatic carbocycles. The lowest BCUT2D eigenvalue weighted by Crippen LogP contribution is -2.21. The van der Waals surface area contributed by atoms with Gasteiger partial charge < -0.3 is 10.1 Å². The van der Waals surface area contributed by atoms with Crippen LogP contribution < -0.4 is 10.1 Å². The van der Waals surface area contributed by atoms with Crippen LogP contribution in [0.3, 0.4) is 0 Å². The van der Waals surface area contributed by atoms with Crippen LogP contribution in [-0.2, 0) is 0 Å². The van der Waals surface area contributed by atoms with Gasteiger partial charge in [-0.25, -0.2) is 4.68 Å². The van der Waals surface area contributed by atoms with Gasteiger partial charge in [0.15, 0.2) is 0 Å². The van der Waals surface area contributed by atoms with Gasteiger partial charge in [0.05, 0.1) is 0 Å². The molecule has 0 unspecified atom stereocenters. The summed E-state index contributed by atoms with van der Waals surface area (Å²) in [7, 11) is 0. The summed E-state index contributed by atoms with van der Waals surface area (Å²) >= 11 is 3.40. The number of alkyl halides is 2. The molecule has 3 aromatic rings. The highest BCUT2D eigenvalue weighted by Crippen LogP contribution is 2.38. The molecular weight excluding hydrogens is 418 g/mol. The van der Waals surface area contributed by atoms with E-state index in [1.54, 1.807) is 16.8 Å². The number of fused-ring (bicyclic) bond motifs is 1. The summed E-state index contributed by atoms with van der Waals surface area (Å²) in [6, 6.07) is 12.5. The summed E-state index contributed by atoms with van der Waals surface area (Å²) < 4.78 is 32.9. The highest BCUT2D eigenvalue weighted by molar-refractivity contribution is 9.10. The highest BCUT2D eigenvalue weighted by atomic mass is 79.9. The van der Waals surface area contributed by atoms with Crippen LogP contribution in [0.1, 0.15) is 22.7 Å². The molecule has 4 rings (SSSR count). The van der Waals surface area contributed by atoms with Gasteiger partial charge >= 0.3 is 6.61 Å². The minimum Gasteiger partial charge on any atom is -0.434 e. The largest absolute Gasteiger partial charge is 0.434 e. The molecule has 0 saturated carbocycles. The van der Waals surface area contributed by atoms with Crippen LogP contribution in [0.4, 0.5) is 14.7 Å². The van der Waals surface area contributed by atoms with E-state index in [1.165, 1.54) is 12.4 Å². The zero-order chi connectivity index (χ0) is 19.0. The van der Waals surface area contributed by atoms with Gasteiger partial charge in [-0.3, -0.25) is 0 Å². The molecule has 1 aliphatic heterocycles. The Kier molecular flexibility index (Phi) is 4.65. The maximum atomic E-state index is 12.9. The summed E-state index contributed by atoms with van der Waals surface area (Å²) in [5.41, 5.74) is 3.49. The molecule has 0 bridgehead atoms. The van der Waals surface area contributed by atoms with Crippen LogP contribution >= 0.6 is 15.9 Å². The average molecular weight is 433 g/mol. The van der Waals surface area contributed by atoms with E-state index in [9.17, 15) is 8.78 Å². The van der Waals surface area contributed by atoms with E-state index in [2.05, 4.69) is 31.3 Å². The first-order valence-electron chi connectivity index (χ1n) is 8.21. The van der Waals surface area contributed by atoms with E-state index in [1.807, 2.05) is 37.3 Å². The topological polar surface area (TPSA) is 52.0 Å². The van der Waals surface area contributed by atoms with Gasteiger partial charge in [0.25, 0.3) is 0 Å².